The highest BCUT2D eigenvalue weighted by atomic mass is 35.5. The van der Waals surface area contributed by atoms with Gasteiger partial charge in [-0.1, -0.05) is 17.7 Å². The van der Waals surface area contributed by atoms with Crippen LogP contribution in [0.2, 0.25) is 5.02 Å². The number of amides is 1. The Labute approximate surface area is 207 Å². The van der Waals surface area contributed by atoms with Crippen molar-refractivity contribution >= 4 is 44.6 Å². The summed E-state index contributed by atoms with van der Waals surface area (Å²) in [6.45, 7) is 1.05. The molecule has 0 fully saturated rings. The summed E-state index contributed by atoms with van der Waals surface area (Å²) in [5, 5.41) is 14.0. The van der Waals surface area contributed by atoms with Crippen molar-refractivity contribution in [2.75, 3.05) is 30.4 Å². The average molecular weight is 520 g/mol. The highest BCUT2D eigenvalue weighted by molar-refractivity contribution is 7.92. The van der Waals surface area contributed by atoms with Gasteiger partial charge in [-0.05, 0) is 48.9 Å². The Morgan fingerprint density at radius 2 is 1.69 bits per heavy atom. The van der Waals surface area contributed by atoms with Crippen LogP contribution in [0.4, 0.5) is 17.1 Å². The summed E-state index contributed by atoms with van der Waals surface area (Å²) in [5.41, 5.74) is 0.752. The third kappa shape index (κ3) is 5.81. The fourth-order valence-corrected chi connectivity index (χ4v) is 4.77. The van der Waals surface area contributed by atoms with E-state index in [2.05, 4.69) is 5.32 Å². The van der Waals surface area contributed by atoms with E-state index in [0.29, 0.717) is 16.3 Å². The SMILES string of the molecule is COc1ccc(S(=O)(=O)N(CC(=O)Nc2cc([N+](=O)[O-])ccc2C)c2ccc(Cl)cc2)cc1OC. The Kier molecular flexibility index (Phi) is 7.82. The molecule has 3 aromatic carbocycles. The summed E-state index contributed by atoms with van der Waals surface area (Å²) in [6, 6.07) is 14.0. The molecular weight excluding hydrogens is 498 g/mol. The Balaban J connectivity index is 2.00. The third-order valence-electron chi connectivity index (χ3n) is 5.05. The van der Waals surface area contributed by atoms with Gasteiger partial charge < -0.3 is 14.8 Å². The number of methoxy groups -OCH3 is 2. The molecule has 0 bridgehead atoms. The molecule has 3 aromatic rings. The number of anilines is 2. The Morgan fingerprint density at radius 3 is 2.29 bits per heavy atom. The summed E-state index contributed by atoms with van der Waals surface area (Å²) < 4.78 is 38.5. The lowest BCUT2D eigenvalue weighted by atomic mass is 10.2. The molecule has 0 aliphatic carbocycles. The second kappa shape index (κ2) is 10.6. The van der Waals surface area contributed by atoms with E-state index in [1.807, 2.05) is 0 Å². The maximum Gasteiger partial charge on any atom is 0.271 e. The Bertz CT molecular complexity index is 1360. The first-order valence-corrected chi connectivity index (χ1v) is 11.9. The number of aryl methyl sites for hydroxylation is 1. The summed E-state index contributed by atoms with van der Waals surface area (Å²) in [6.07, 6.45) is 0. The van der Waals surface area contributed by atoms with Gasteiger partial charge in [-0.15, -0.1) is 0 Å². The first-order chi connectivity index (χ1) is 16.6. The average Bonchev–Trinajstić information content (AvgIpc) is 2.83. The van der Waals surface area contributed by atoms with Crippen LogP contribution in [0.15, 0.2) is 65.6 Å². The zero-order valence-corrected chi connectivity index (χ0v) is 20.6. The van der Waals surface area contributed by atoms with Gasteiger partial charge in [0.25, 0.3) is 15.7 Å². The minimum atomic E-state index is -4.26. The molecule has 0 heterocycles. The Hall–Kier alpha value is -3.83. The summed E-state index contributed by atoms with van der Waals surface area (Å²) >= 11 is 5.96. The molecule has 0 aliphatic heterocycles. The van der Waals surface area contributed by atoms with Crippen LogP contribution in [0.1, 0.15) is 5.56 Å². The van der Waals surface area contributed by atoms with Crippen LogP contribution < -0.4 is 19.1 Å². The number of carbonyl (C=O) groups is 1. The van der Waals surface area contributed by atoms with Gasteiger partial charge in [0, 0.05) is 23.2 Å². The van der Waals surface area contributed by atoms with Crippen LogP contribution in [0, 0.1) is 17.0 Å². The van der Waals surface area contributed by atoms with Crippen molar-refractivity contribution in [1.29, 1.82) is 0 Å². The summed E-state index contributed by atoms with van der Waals surface area (Å²) in [4.78, 5) is 23.3. The Morgan fingerprint density at radius 1 is 1.03 bits per heavy atom. The van der Waals surface area contributed by atoms with E-state index in [1.165, 1.54) is 74.9 Å². The maximum absolute atomic E-state index is 13.6. The molecule has 0 spiro atoms. The second-order valence-electron chi connectivity index (χ2n) is 7.31. The fourth-order valence-electron chi connectivity index (χ4n) is 3.21. The lowest BCUT2D eigenvalue weighted by molar-refractivity contribution is -0.384. The van der Waals surface area contributed by atoms with Gasteiger partial charge in [0.15, 0.2) is 11.5 Å². The zero-order valence-electron chi connectivity index (χ0n) is 19.0. The van der Waals surface area contributed by atoms with Gasteiger partial charge in [0.2, 0.25) is 5.91 Å². The van der Waals surface area contributed by atoms with Crippen molar-refractivity contribution in [3.05, 3.63) is 81.4 Å². The number of nitrogens with one attached hydrogen (secondary N) is 1. The first kappa shape index (κ1) is 25.8. The van der Waals surface area contributed by atoms with E-state index < -0.39 is 27.4 Å². The molecule has 3 rings (SSSR count). The monoisotopic (exact) mass is 519 g/mol. The number of nitrogens with zero attached hydrogens (tertiary/aromatic N) is 2. The largest absolute Gasteiger partial charge is 0.493 e. The molecular formula is C23H22ClN3O7S. The lowest BCUT2D eigenvalue weighted by Gasteiger charge is -2.24. The van der Waals surface area contributed by atoms with E-state index in [1.54, 1.807) is 6.92 Å². The van der Waals surface area contributed by atoms with Crippen LogP contribution in [-0.4, -0.2) is 40.0 Å². The molecule has 35 heavy (non-hydrogen) atoms. The summed E-state index contributed by atoms with van der Waals surface area (Å²) in [5.74, 6) is -0.169. The zero-order chi connectivity index (χ0) is 25.8. The lowest BCUT2D eigenvalue weighted by Crippen LogP contribution is -2.38. The molecule has 0 radical (unpaired) electrons. The van der Waals surface area contributed by atoms with Gasteiger partial charge >= 0.3 is 0 Å². The van der Waals surface area contributed by atoms with Crippen molar-refractivity contribution in [1.82, 2.24) is 0 Å². The fraction of sp³-hybridized carbons (Fsp3) is 0.174. The van der Waals surface area contributed by atoms with Crippen LogP contribution in [0.25, 0.3) is 0 Å². The van der Waals surface area contributed by atoms with Crippen molar-refractivity contribution in [2.45, 2.75) is 11.8 Å². The summed E-state index contributed by atoms with van der Waals surface area (Å²) in [7, 11) is -1.46. The molecule has 0 aliphatic rings. The second-order valence-corrected chi connectivity index (χ2v) is 9.61. The van der Waals surface area contributed by atoms with Gasteiger partial charge in [-0.25, -0.2) is 8.42 Å². The number of hydrogen-bond acceptors (Lipinski definition) is 7. The van der Waals surface area contributed by atoms with Crippen molar-refractivity contribution in [2.24, 2.45) is 0 Å². The highest BCUT2D eigenvalue weighted by Crippen LogP contribution is 2.32. The third-order valence-corrected chi connectivity index (χ3v) is 7.07. The topological polar surface area (TPSA) is 128 Å². The maximum atomic E-state index is 13.6. The van der Waals surface area contributed by atoms with Crippen LogP contribution in [0.3, 0.4) is 0 Å². The number of hydrogen-bond donors (Lipinski definition) is 1. The number of ether oxygens (including phenoxy) is 2. The highest BCUT2D eigenvalue weighted by Gasteiger charge is 2.28. The number of benzene rings is 3. The van der Waals surface area contributed by atoms with E-state index in [0.717, 1.165) is 4.31 Å². The molecule has 0 saturated heterocycles. The van der Waals surface area contributed by atoms with Gasteiger partial charge in [-0.3, -0.25) is 19.2 Å². The van der Waals surface area contributed by atoms with Crippen molar-refractivity contribution in [3.63, 3.8) is 0 Å². The van der Waals surface area contributed by atoms with Crippen molar-refractivity contribution < 1.29 is 27.6 Å². The number of halogens is 1. The minimum Gasteiger partial charge on any atom is -0.493 e. The number of rotatable bonds is 9. The first-order valence-electron chi connectivity index (χ1n) is 10.1. The minimum absolute atomic E-state index is 0.135. The van der Waals surface area contributed by atoms with Crippen LogP contribution >= 0.6 is 11.6 Å². The van der Waals surface area contributed by atoms with Gasteiger partial charge in [-0.2, -0.15) is 0 Å². The number of nitro benzene ring substituents is 1. The number of non-ortho nitro benzene ring substituents is 1. The number of sulfonamides is 1. The molecule has 0 atom stereocenters. The molecule has 12 heteroatoms. The van der Waals surface area contributed by atoms with E-state index in [-0.39, 0.29) is 27.7 Å². The quantitative estimate of drug-likeness (QED) is 0.327. The van der Waals surface area contributed by atoms with Gasteiger partial charge in [0.1, 0.15) is 6.54 Å². The van der Waals surface area contributed by atoms with Crippen molar-refractivity contribution in [3.8, 4) is 11.5 Å². The van der Waals surface area contributed by atoms with Gasteiger partial charge in [0.05, 0.1) is 35.4 Å². The molecule has 0 aromatic heterocycles. The molecule has 1 N–H and O–H groups in total. The van der Waals surface area contributed by atoms with E-state index >= 15 is 0 Å². The van der Waals surface area contributed by atoms with E-state index in [9.17, 15) is 23.3 Å². The standard InChI is InChI=1S/C23H22ClN3O7S/c1-15-4-7-18(27(29)30)12-20(15)25-23(28)14-26(17-8-5-16(24)6-9-17)35(31,32)19-10-11-21(33-2)22(13-19)34-3/h4-13H,14H2,1-3H3,(H,25,28). The molecule has 0 unspecified atom stereocenters. The predicted molar refractivity (Wildman–Crippen MR) is 132 cm³/mol. The number of carbonyl (C=O) groups excluding carboxylic acids is 1. The normalized spacial score (nSPS) is 11.0. The predicted octanol–water partition coefficient (Wildman–Crippen LogP) is 4.41. The number of nitro groups is 1. The van der Waals surface area contributed by atoms with E-state index in [4.69, 9.17) is 21.1 Å². The molecule has 1 amide bonds. The van der Waals surface area contributed by atoms with Crippen LogP contribution in [-0.2, 0) is 14.8 Å². The molecule has 184 valence electrons. The smallest absolute Gasteiger partial charge is 0.271 e. The van der Waals surface area contributed by atoms with Crippen LogP contribution in [0.5, 0.6) is 11.5 Å². The molecule has 10 nitrogen and oxygen atoms in total. The molecule has 0 saturated carbocycles.